The summed E-state index contributed by atoms with van der Waals surface area (Å²) in [6, 6.07) is 10.0. The molecular formula is C18H22O. The van der Waals surface area contributed by atoms with Crippen molar-refractivity contribution in [1.82, 2.24) is 0 Å². The van der Waals surface area contributed by atoms with E-state index in [2.05, 4.69) is 19.6 Å². The van der Waals surface area contributed by atoms with Crippen LogP contribution in [0.2, 0.25) is 0 Å². The van der Waals surface area contributed by atoms with Gasteiger partial charge in [0.25, 0.3) is 0 Å². The summed E-state index contributed by atoms with van der Waals surface area (Å²) in [5.41, 5.74) is 7.53. The largest absolute Gasteiger partial charge is 0.388 e. The minimum absolute atomic E-state index is 0.102. The molecule has 1 nitrogen and oxygen atoms in total. The molecule has 0 spiro atoms. The zero-order valence-electron chi connectivity index (χ0n) is 11.8. The van der Waals surface area contributed by atoms with Gasteiger partial charge >= 0.3 is 0 Å². The van der Waals surface area contributed by atoms with Crippen LogP contribution in [0.3, 0.4) is 0 Å². The van der Waals surface area contributed by atoms with Gasteiger partial charge in [-0.2, -0.15) is 0 Å². The summed E-state index contributed by atoms with van der Waals surface area (Å²) in [6.45, 7) is 4.45. The van der Waals surface area contributed by atoms with Crippen LogP contribution in [0.4, 0.5) is 0 Å². The highest BCUT2D eigenvalue weighted by Crippen LogP contribution is 2.62. The Kier molecular flexibility index (Phi) is 3.12. The van der Waals surface area contributed by atoms with E-state index in [4.69, 9.17) is 0 Å². The monoisotopic (exact) mass is 254 g/mol. The standard InChI is InChI=1S/C18H22O/c1-18(2)15(12-13-8-6-7-9-13)16(18)17(19)14-10-4-3-5-11-14/h3-5,10-11,16-17,19H,6-9H2,1-2H3. The Labute approximate surface area is 115 Å². The van der Waals surface area contributed by atoms with E-state index in [1.165, 1.54) is 36.8 Å². The topological polar surface area (TPSA) is 20.2 Å². The van der Waals surface area contributed by atoms with Gasteiger partial charge in [-0.15, -0.1) is 5.73 Å². The number of benzene rings is 1. The predicted molar refractivity (Wildman–Crippen MR) is 77.7 cm³/mol. The normalized spacial score (nSPS) is 26.2. The third-order valence-corrected chi connectivity index (χ3v) is 4.67. The van der Waals surface area contributed by atoms with E-state index in [9.17, 15) is 5.11 Å². The smallest absolute Gasteiger partial charge is 0.0870 e. The number of rotatable bonds is 2. The maximum Gasteiger partial charge on any atom is 0.0870 e. The fourth-order valence-corrected chi connectivity index (χ4v) is 3.33. The Bertz CT molecular complexity index is 524. The molecule has 0 aliphatic heterocycles. The van der Waals surface area contributed by atoms with Gasteiger partial charge in [-0.1, -0.05) is 44.2 Å². The predicted octanol–water partition coefficient (Wildman–Crippen LogP) is 4.40. The molecule has 1 aromatic carbocycles. The first-order valence-electron chi connectivity index (χ1n) is 7.33. The minimum atomic E-state index is -0.388. The fraction of sp³-hybridized carbons (Fsp3) is 0.500. The number of aliphatic hydroxyl groups excluding tert-OH is 1. The van der Waals surface area contributed by atoms with Crippen LogP contribution in [0.25, 0.3) is 0 Å². The first-order valence-corrected chi connectivity index (χ1v) is 7.33. The van der Waals surface area contributed by atoms with Gasteiger partial charge in [0.05, 0.1) is 6.10 Å². The fourth-order valence-electron chi connectivity index (χ4n) is 3.33. The second-order valence-corrected chi connectivity index (χ2v) is 6.40. The summed E-state index contributed by atoms with van der Waals surface area (Å²) >= 11 is 0. The van der Waals surface area contributed by atoms with Gasteiger partial charge in [0.2, 0.25) is 0 Å². The number of aliphatic hydroxyl groups is 1. The van der Waals surface area contributed by atoms with E-state index >= 15 is 0 Å². The highest BCUT2D eigenvalue weighted by molar-refractivity contribution is 5.40. The molecule has 100 valence electrons. The van der Waals surface area contributed by atoms with Crippen LogP contribution in [-0.2, 0) is 0 Å². The Morgan fingerprint density at radius 1 is 1.16 bits per heavy atom. The molecule has 19 heavy (non-hydrogen) atoms. The van der Waals surface area contributed by atoms with E-state index in [1.807, 2.05) is 30.3 Å². The van der Waals surface area contributed by atoms with Crippen molar-refractivity contribution in [3.63, 3.8) is 0 Å². The molecule has 3 rings (SSSR count). The van der Waals surface area contributed by atoms with Crippen molar-refractivity contribution in [2.75, 3.05) is 0 Å². The molecule has 2 atom stereocenters. The Hall–Kier alpha value is -1.30. The summed E-state index contributed by atoms with van der Waals surface area (Å²) in [4.78, 5) is 0. The molecule has 0 heterocycles. The summed E-state index contributed by atoms with van der Waals surface area (Å²) in [7, 11) is 0. The van der Waals surface area contributed by atoms with Crippen molar-refractivity contribution in [2.45, 2.75) is 45.6 Å². The highest BCUT2D eigenvalue weighted by Gasteiger charge is 2.56. The molecular weight excluding hydrogens is 232 g/mol. The van der Waals surface area contributed by atoms with Gasteiger partial charge in [0, 0.05) is 11.3 Å². The highest BCUT2D eigenvalue weighted by atomic mass is 16.3. The van der Waals surface area contributed by atoms with Crippen LogP contribution in [0, 0.1) is 11.3 Å². The molecule has 0 amide bonds. The molecule has 2 aliphatic rings. The Morgan fingerprint density at radius 2 is 1.79 bits per heavy atom. The van der Waals surface area contributed by atoms with Crippen LogP contribution in [-0.4, -0.2) is 5.11 Å². The quantitative estimate of drug-likeness (QED) is 0.775. The molecule has 2 fully saturated rings. The van der Waals surface area contributed by atoms with Gasteiger partial charge in [0.1, 0.15) is 0 Å². The van der Waals surface area contributed by atoms with Gasteiger partial charge in [-0.05, 0) is 42.4 Å². The summed E-state index contributed by atoms with van der Waals surface area (Å²) in [5, 5.41) is 10.6. The lowest BCUT2D eigenvalue weighted by Gasteiger charge is -2.11. The van der Waals surface area contributed by atoms with E-state index in [-0.39, 0.29) is 17.4 Å². The van der Waals surface area contributed by atoms with Crippen LogP contribution >= 0.6 is 0 Å². The zero-order chi connectivity index (χ0) is 13.5. The van der Waals surface area contributed by atoms with E-state index < -0.39 is 0 Å². The van der Waals surface area contributed by atoms with Crippen LogP contribution in [0.1, 0.15) is 51.2 Å². The minimum Gasteiger partial charge on any atom is -0.388 e. The molecule has 2 saturated carbocycles. The van der Waals surface area contributed by atoms with Crippen molar-refractivity contribution >= 4 is 0 Å². The Balaban J connectivity index is 1.88. The van der Waals surface area contributed by atoms with Crippen molar-refractivity contribution in [3.8, 4) is 0 Å². The van der Waals surface area contributed by atoms with Crippen molar-refractivity contribution in [3.05, 3.63) is 52.8 Å². The lowest BCUT2D eigenvalue weighted by Crippen LogP contribution is -2.04. The summed E-state index contributed by atoms with van der Waals surface area (Å²) < 4.78 is 0. The van der Waals surface area contributed by atoms with Gasteiger partial charge in [0.15, 0.2) is 0 Å². The molecule has 0 radical (unpaired) electrons. The van der Waals surface area contributed by atoms with Crippen molar-refractivity contribution < 1.29 is 5.11 Å². The van der Waals surface area contributed by atoms with E-state index in [1.54, 1.807) is 0 Å². The SMILES string of the molecule is CC1(C)C(=C=C2CCCC2)C1C(O)c1ccccc1. The average Bonchev–Trinajstić information content (AvgIpc) is 2.80. The molecule has 2 aliphatic carbocycles. The lowest BCUT2D eigenvalue weighted by molar-refractivity contribution is 0.140. The van der Waals surface area contributed by atoms with Crippen LogP contribution < -0.4 is 0 Å². The summed E-state index contributed by atoms with van der Waals surface area (Å²) in [5.74, 6) is 0.239. The average molecular weight is 254 g/mol. The maximum atomic E-state index is 10.6. The molecule has 2 unspecified atom stereocenters. The second-order valence-electron chi connectivity index (χ2n) is 6.40. The first-order chi connectivity index (χ1) is 9.10. The van der Waals surface area contributed by atoms with Crippen LogP contribution in [0.15, 0.2) is 47.2 Å². The lowest BCUT2D eigenvalue weighted by atomic mass is 10.00. The van der Waals surface area contributed by atoms with Gasteiger partial charge in [-0.25, -0.2) is 0 Å². The third-order valence-electron chi connectivity index (χ3n) is 4.67. The van der Waals surface area contributed by atoms with Crippen LogP contribution in [0.5, 0.6) is 0 Å². The van der Waals surface area contributed by atoms with Crippen molar-refractivity contribution in [2.24, 2.45) is 11.3 Å². The summed E-state index contributed by atoms with van der Waals surface area (Å²) in [6.07, 6.45) is 4.63. The second kappa shape index (κ2) is 4.67. The number of hydrogen-bond acceptors (Lipinski definition) is 1. The Morgan fingerprint density at radius 3 is 2.42 bits per heavy atom. The van der Waals surface area contributed by atoms with E-state index in [0.29, 0.717) is 0 Å². The molecule has 1 N–H and O–H groups in total. The molecule has 1 heteroatoms. The first kappa shape index (κ1) is 12.7. The van der Waals surface area contributed by atoms with Crippen molar-refractivity contribution in [1.29, 1.82) is 0 Å². The molecule has 1 aromatic rings. The molecule has 0 bridgehead atoms. The molecule has 0 aromatic heterocycles. The third kappa shape index (κ3) is 2.29. The van der Waals surface area contributed by atoms with E-state index in [0.717, 1.165) is 5.56 Å². The molecule has 0 saturated heterocycles. The van der Waals surface area contributed by atoms with Gasteiger partial charge < -0.3 is 5.11 Å². The van der Waals surface area contributed by atoms with Gasteiger partial charge in [-0.3, -0.25) is 0 Å². The maximum absolute atomic E-state index is 10.6. The number of hydrogen-bond donors (Lipinski definition) is 1. The zero-order valence-corrected chi connectivity index (χ0v) is 11.8.